The van der Waals surface area contributed by atoms with E-state index in [0.717, 1.165) is 0 Å². The van der Waals surface area contributed by atoms with Crippen LogP contribution in [-0.2, 0) is 14.3 Å². The molecule has 0 saturated carbocycles. The maximum atomic E-state index is 11.1. The van der Waals surface area contributed by atoms with E-state index < -0.39 is 12.0 Å². The summed E-state index contributed by atoms with van der Waals surface area (Å²) in [5, 5.41) is 11.9. The zero-order chi connectivity index (χ0) is 13.4. The Hall–Kier alpha value is -1.88. The highest BCUT2D eigenvalue weighted by Crippen LogP contribution is 2.12. The van der Waals surface area contributed by atoms with Crippen LogP contribution in [0, 0.1) is 0 Å². The van der Waals surface area contributed by atoms with Crippen molar-refractivity contribution in [3.05, 3.63) is 35.9 Å². The highest BCUT2D eigenvalue weighted by Gasteiger charge is 2.18. The fourth-order valence-corrected chi connectivity index (χ4v) is 1.54. The number of carboxylic acids is 1. The zero-order valence-corrected chi connectivity index (χ0v) is 10.3. The van der Waals surface area contributed by atoms with Crippen LogP contribution in [0.25, 0.3) is 0 Å². The molecule has 0 heterocycles. The lowest BCUT2D eigenvalue weighted by Gasteiger charge is -2.14. The summed E-state index contributed by atoms with van der Waals surface area (Å²) in [4.78, 5) is 22.2. The van der Waals surface area contributed by atoms with Gasteiger partial charge in [-0.05, 0) is 12.5 Å². The minimum Gasteiger partial charge on any atom is -0.480 e. The van der Waals surface area contributed by atoms with Crippen LogP contribution in [-0.4, -0.2) is 30.2 Å². The molecule has 1 unspecified atom stereocenters. The van der Waals surface area contributed by atoms with Gasteiger partial charge in [-0.2, -0.15) is 0 Å². The molecule has 2 N–H and O–H groups in total. The van der Waals surface area contributed by atoms with Crippen LogP contribution in [0.5, 0.6) is 0 Å². The van der Waals surface area contributed by atoms with Gasteiger partial charge in [0.15, 0.2) is 0 Å². The van der Waals surface area contributed by atoms with Crippen molar-refractivity contribution in [1.82, 2.24) is 5.32 Å². The molecule has 98 valence electrons. The predicted octanol–water partition coefficient (Wildman–Crippen LogP) is 1.36. The SMILES string of the molecule is CCOC(=O)CCNC(C(=O)O)c1ccccc1. The number of carbonyl (C=O) groups excluding carboxylic acids is 1. The van der Waals surface area contributed by atoms with Crippen molar-refractivity contribution in [2.45, 2.75) is 19.4 Å². The molecule has 0 fully saturated rings. The minimum atomic E-state index is -0.968. The molecule has 1 atom stereocenters. The Bertz CT molecular complexity index is 391. The number of carboxylic acid groups (broad SMARTS) is 1. The first-order chi connectivity index (χ1) is 8.65. The number of nitrogens with one attached hydrogen (secondary N) is 1. The van der Waals surface area contributed by atoms with Gasteiger partial charge in [0.2, 0.25) is 0 Å². The number of hydrogen-bond donors (Lipinski definition) is 2. The summed E-state index contributed by atoms with van der Waals surface area (Å²) in [7, 11) is 0. The van der Waals surface area contributed by atoms with Crippen LogP contribution < -0.4 is 5.32 Å². The lowest BCUT2D eigenvalue weighted by molar-refractivity contribution is -0.144. The summed E-state index contributed by atoms with van der Waals surface area (Å²) in [5.41, 5.74) is 0.661. The summed E-state index contributed by atoms with van der Waals surface area (Å²) in [5.74, 6) is -1.30. The van der Waals surface area contributed by atoms with Gasteiger partial charge in [-0.15, -0.1) is 0 Å². The van der Waals surface area contributed by atoms with Crippen LogP contribution in [0.15, 0.2) is 30.3 Å². The molecule has 0 saturated heterocycles. The Balaban J connectivity index is 2.50. The Morgan fingerprint density at radius 1 is 1.33 bits per heavy atom. The standard InChI is InChI=1S/C13H17NO4/c1-2-18-11(15)8-9-14-12(13(16)17)10-6-4-3-5-7-10/h3-7,12,14H,2,8-9H2,1H3,(H,16,17). The second kappa shape index (κ2) is 7.45. The second-order valence-electron chi connectivity index (χ2n) is 3.69. The first-order valence-corrected chi connectivity index (χ1v) is 5.82. The molecule has 0 bridgehead atoms. The molecule has 0 amide bonds. The maximum absolute atomic E-state index is 11.1. The van der Waals surface area contributed by atoms with E-state index in [1.165, 1.54) is 0 Å². The van der Waals surface area contributed by atoms with Crippen molar-refractivity contribution in [1.29, 1.82) is 0 Å². The Morgan fingerprint density at radius 3 is 2.56 bits per heavy atom. The molecule has 1 aromatic rings. The van der Waals surface area contributed by atoms with Crippen molar-refractivity contribution in [2.75, 3.05) is 13.2 Å². The minimum absolute atomic E-state index is 0.157. The van der Waals surface area contributed by atoms with Gasteiger partial charge in [0, 0.05) is 6.54 Å². The fourth-order valence-electron chi connectivity index (χ4n) is 1.54. The topological polar surface area (TPSA) is 75.6 Å². The lowest BCUT2D eigenvalue weighted by atomic mass is 10.1. The van der Waals surface area contributed by atoms with E-state index >= 15 is 0 Å². The maximum Gasteiger partial charge on any atom is 0.325 e. The Kier molecular flexibility index (Phi) is 5.87. The van der Waals surface area contributed by atoms with Crippen molar-refractivity contribution in [2.24, 2.45) is 0 Å². The summed E-state index contributed by atoms with van der Waals surface area (Å²) in [6.45, 7) is 2.33. The predicted molar refractivity (Wildman–Crippen MR) is 66.1 cm³/mol. The molecule has 18 heavy (non-hydrogen) atoms. The normalized spacial score (nSPS) is 11.8. The number of hydrogen-bond acceptors (Lipinski definition) is 4. The van der Waals surface area contributed by atoms with Crippen molar-refractivity contribution < 1.29 is 19.4 Å². The number of ether oxygens (including phenoxy) is 1. The number of aliphatic carboxylic acids is 1. The van der Waals surface area contributed by atoms with Gasteiger partial charge in [0.1, 0.15) is 6.04 Å². The fraction of sp³-hybridized carbons (Fsp3) is 0.385. The van der Waals surface area contributed by atoms with E-state index in [9.17, 15) is 9.59 Å². The quantitative estimate of drug-likeness (QED) is 0.715. The molecule has 5 heteroatoms. The third-order valence-corrected chi connectivity index (χ3v) is 2.36. The molecule has 0 aliphatic rings. The molecule has 0 spiro atoms. The van der Waals surface area contributed by atoms with Gasteiger partial charge in [0.25, 0.3) is 0 Å². The van der Waals surface area contributed by atoms with Gasteiger partial charge in [-0.1, -0.05) is 30.3 Å². The van der Waals surface area contributed by atoms with E-state index in [2.05, 4.69) is 5.32 Å². The Morgan fingerprint density at radius 2 is 2.00 bits per heavy atom. The average molecular weight is 251 g/mol. The smallest absolute Gasteiger partial charge is 0.325 e. The van der Waals surface area contributed by atoms with E-state index in [0.29, 0.717) is 12.2 Å². The first kappa shape index (κ1) is 14.2. The third-order valence-electron chi connectivity index (χ3n) is 2.36. The van der Waals surface area contributed by atoms with Crippen molar-refractivity contribution >= 4 is 11.9 Å². The third kappa shape index (κ3) is 4.55. The Labute approximate surface area is 106 Å². The highest BCUT2D eigenvalue weighted by atomic mass is 16.5. The van der Waals surface area contributed by atoms with Gasteiger partial charge in [-0.3, -0.25) is 9.59 Å². The van der Waals surface area contributed by atoms with Crippen LogP contribution in [0.3, 0.4) is 0 Å². The summed E-state index contributed by atoms with van der Waals surface area (Å²) in [6.07, 6.45) is 0.157. The monoisotopic (exact) mass is 251 g/mol. The molecule has 0 aromatic heterocycles. The number of esters is 1. The van der Waals surface area contributed by atoms with Gasteiger partial charge < -0.3 is 15.2 Å². The van der Waals surface area contributed by atoms with Crippen molar-refractivity contribution in [3.63, 3.8) is 0 Å². The van der Waals surface area contributed by atoms with Crippen LogP contribution in [0.1, 0.15) is 24.9 Å². The van der Waals surface area contributed by atoms with Gasteiger partial charge in [0.05, 0.1) is 13.0 Å². The molecule has 1 rings (SSSR count). The molecule has 1 aromatic carbocycles. The van der Waals surface area contributed by atoms with E-state index in [-0.39, 0.29) is 18.9 Å². The molecule has 0 radical (unpaired) electrons. The second-order valence-corrected chi connectivity index (χ2v) is 3.69. The molecular formula is C13H17NO4. The summed E-state index contributed by atoms with van der Waals surface area (Å²) in [6, 6.07) is 8.03. The number of benzene rings is 1. The summed E-state index contributed by atoms with van der Waals surface area (Å²) < 4.78 is 4.76. The molecular weight excluding hydrogens is 234 g/mol. The van der Waals surface area contributed by atoms with E-state index in [1.54, 1.807) is 31.2 Å². The van der Waals surface area contributed by atoms with E-state index in [4.69, 9.17) is 9.84 Å². The zero-order valence-electron chi connectivity index (χ0n) is 10.3. The molecule has 5 nitrogen and oxygen atoms in total. The number of carbonyl (C=O) groups is 2. The van der Waals surface area contributed by atoms with Crippen molar-refractivity contribution in [3.8, 4) is 0 Å². The molecule has 0 aliphatic heterocycles. The van der Waals surface area contributed by atoms with Crippen LogP contribution >= 0.6 is 0 Å². The van der Waals surface area contributed by atoms with E-state index in [1.807, 2.05) is 6.07 Å². The highest BCUT2D eigenvalue weighted by molar-refractivity contribution is 5.75. The average Bonchev–Trinajstić information content (AvgIpc) is 2.35. The molecule has 0 aliphatic carbocycles. The van der Waals surface area contributed by atoms with Gasteiger partial charge in [-0.25, -0.2) is 0 Å². The summed E-state index contributed by atoms with van der Waals surface area (Å²) >= 11 is 0. The lowest BCUT2D eigenvalue weighted by Crippen LogP contribution is -2.30. The van der Waals surface area contributed by atoms with Crippen LogP contribution in [0.2, 0.25) is 0 Å². The number of rotatable bonds is 7. The largest absolute Gasteiger partial charge is 0.480 e. The van der Waals surface area contributed by atoms with Crippen LogP contribution in [0.4, 0.5) is 0 Å². The van der Waals surface area contributed by atoms with Gasteiger partial charge >= 0.3 is 11.9 Å². The first-order valence-electron chi connectivity index (χ1n) is 5.82.